The molecule has 8 nitrogen and oxygen atoms in total. The molecule has 1 aromatic carbocycles. The number of methoxy groups -OCH3 is 1. The molecule has 0 spiro atoms. The number of nitro groups is 1. The van der Waals surface area contributed by atoms with Gasteiger partial charge in [0.25, 0.3) is 5.91 Å². The van der Waals surface area contributed by atoms with Gasteiger partial charge in [0.15, 0.2) is 5.75 Å². The lowest BCUT2D eigenvalue weighted by molar-refractivity contribution is -0.386. The van der Waals surface area contributed by atoms with Crippen LogP contribution in [0.2, 0.25) is 5.15 Å². The Morgan fingerprint density at radius 2 is 2.21 bits per heavy atom. The second kappa shape index (κ2) is 8.53. The summed E-state index contributed by atoms with van der Waals surface area (Å²) in [6, 6.07) is 8.38. The number of carbonyl (C=O) groups excluding carboxylic acids is 1. The van der Waals surface area contributed by atoms with Crippen LogP contribution in [0.25, 0.3) is 0 Å². The normalized spacial score (nSPS) is 16.8. The van der Waals surface area contributed by atoms with Crippen LogP contribution in [-0.2, 0) is 6.54 Å². The first-order chi connectivity index (χ1) is 13.4. The average molecular weight is 405 g/mol. The van der Waals surface area contributed by atoms with Gasteiger partial charge in [-0.1, -0.05) is 23.7 Å². The third kappa shape index (κ3) is 4.40. The fourth-order valence-electron chi connectivity index (χ4n) is 3.36. The number of rotatable bonds is 6. The van der Waals surface area contributed by atoms with Gasteiger partial charge in [-0.05, 0) is 31.5 Å². The Kier molecular flexibility index (Phi) is 6.11. The summed E-state index contributed by atoms with van der Waals surface area (Å²) in [7, 11) is 1.42. The van der Waals surface area contributed by atoms with E-state index in [2.05, 4.69) is 15.2 Å². The van der Waals surface area contributed by atoms with Crippen molar-refractivity contribution in [2.75, 3.05) is 20.2 Å². The number of benzene rings is 1. The Labute approximate surface area is 167 Å². The van der Waals surface area contributed by atoms with Crippen molar-refractivity contribution in [3.63, 3.8) is 0 Å². The smallest absolute Gasteiger partial charge is 0.315 e. The summed E-state index contributed by atoms with van der Waals surface area (Å²) in [6.45, 7) is 3.53. The zero-order valence-corrected chi connectivity index (χ0v) is 16.4. The van der Waals surface area contributed by atoms with Crippen LogP contribution in [0, 0.1) is 17.0 Å². The third-order valence-corrected chi connectivity index (χ3v) is 5.01. The number of aromatic nitrogens is 1. The van der Waals surface area contributed by atoms with Crippen molar-refractivity contribution in [2.24, 2.45) is 0 Å². The number of amides is 1. The van der Waals surface area contributed by atoms with Crippen molar-refractivity contribution >= 4 is 23.2 Å². The minimum absolute atomic E-state index is 0.0185. The molecule has 148 valence electrons. The van der Waals surface area contributed by atoms with E-state index in [4.69, 9.17) is 16.3 Å². The maximum Gasteiger partial charge on any atom is 0.315 e. The second-order valence-electron chi connectivity index (χ2n) is 6.71. The van der Waals surface area contributed by atoms with Gasteiger partial charge in [-0.2, -0.15) is 0 Å². The number of carbonyl (C=O) groups is 1. The second-order valence-corrected chi connectivity index (χ2v) is 7.07. The maximum absolute atomic E-state index is 12.5. The van der Waals surface area contributed by atoms with E-state index in [9.17, 15) is 14.9 Å². The highest BCUT2D eigenvalue weighted by Gasteiger charge is 2.28. The molecule has 2 aromatic rings. The molecule has 0 bridgehead atoms. The fraction of sp³-hybridized carbons (Fsp3) is 0.368. The fourth-order valence-corrected chi connectivity index (χ4v) is 3.64. The zero-order valence-electron chi connectivity index (χ0n) is 15.6. The lowest BCUT2D eigenvalue weighted by atomic mass is 10.1. The van der Waals surface area contributed by atoms with Crippen LogP contribution in [0.15, 0.2) is 30.3 Å². The highest BCUT2D eigenvalue weighted by molar-refractivity contribution is 6.32. The molecule has 3 rings (SSSR count). The van der Waals surface area contributed by atoms with E-state index in [0.29, 0.717) is 24.2 Å². The number of ether oxygens (including phenoxy) is 1. The van der Waals surface area contributed by atoms with Crippen molar-refractivity contribution in [1.82, 2.24) is 15.2 Å². The largest absolute Gasteiger partial charge is 0.490 e. The van der Waals surface area contributed by atoms with Gasteiger partial charge < -0.3 is 10.1 Å². The SMILES string of the molecule is COc1cccc(CN2CCC(NC(=O)c3ccc(C)nc3Cl)C2)c1[N+](=O)[O-]. The van der Waals surface area contributed by atoms with Gasteiger partial charge in [-0.15, -0.1) is 0 Å². The van der Waals surface area contributed by atoms with E-state index in [0.717, 1.165) is 18.7 Å². The number of nitrogens with one attached hydrogen (secondary N) is 1. The Balaban J connectivity index is 1.65. The number of para-hydroxylation sites is 1. The van der Waals surface area contributed by atoms with Gasteiger partial charge >= 0.3 is 5.69 Å². The van der Waals surface area contributed by atoms with E-state index in [-0.39, 0.29) is 28.5 Å². The molecule has 1 aliphatic rings. The molecule has 9 heteroatoms. The van der Waals surface area contributed by atoms with Crippen molar-refractivity contribution in [3.8, 4) is 5.75 Å². The summed E-state index contributed by atoms with van der Waals surface area (Å²) in [5, 5.41) is 14.6. The van der Waals surface area contributed by atoms with Gasteiger partial charge in [-0.3, -0.25) is 19.8 Å². The molecule has 1 N–H and O–H groups in total. The third-order valence-electron chi connectivity index (χ3n) is 4.72. The van der Waals surface area contributed by atoms with Gasteiger partial charge in [0, 0.05) is 36.9 Å². The van der Waals surface area contributed by atoms with E-state index in [1.54, 1.807) is 37.3 Å². The van der Waals surface area contributed by atoms with Crippen molar-refractivity contribution in [2.45, 2.75) is 25.9 Å². The van der Waals surface area contributed by atoms with E-state index in [1.807, 2.05) is 0 Å². The number of pyridine rings is 1. The number of aryl methyl sites for hydroxylation is 1. The molecule has 1 saturated heterocycles. The first-order valence-electron chi connectivity index (χ1n) is 8.85. The Bertz CT molecular complexity index is 905. The molecule has 1 unspecified atom stereocenters. The molecule has 1 fully saturated rings. The van der Waals surface area contributed by atoms with Crippen LogP contribution >= 0.6 is 11.6 Å². The Hall–Kier alpha value is -2.71. The van der Waals surface area contributed by atoms with Crippen LogP contribution in [0.1, 0.15) is 28.0 Å². The summed E-state index contributed by atoms with van der Waals surface area (Å²) in [4.78, 5) is 29.6. The van der Waals surface area contributed by atoms with Gasteiger partial charge in [-0.25, -0.2) is 4.98 Å². The molecule has 1 aliphatic heterocycles. The molecule has 1 amide bonds. The number of nitro benzene ring substituents is 1. The minimum atomic E-state index is -0.421. The molecular weight excluding hydrogens is 384 g/mol. The van der Waals surface area contributed by atoms with Crippen LogP contribution in [0.4, 0.5) is 5.69 Å². The van der Waals surface area contributed by atoms with Crippen LogP contribution in [0.3, 0.4) is 0 Å². The quantitative estimate of drug-likeness (QED) is 0.451. The first kappa shape index (κ1) is 20.0. The maximum atomic E-state index is 12.5. The molecular formula is C19H21ClN4O4. The van der Waals surface area contributed by atoms with Gasteiger partial charge in [0.05, 0.1) is 17.6 Å². The molecule has 0 saturated carbocycles. The topological polar surface area (TPSA) is 97.6 Å². The molecule has 1 aromatic heterocycles. The molecule has 28 heavy (non-hydrogen) atoms. The summed E-state index contributed by atoms with van der Waals surface area (Å²) in [6.07, 6.45) is 0.750. The van der Waals surface area contributed by atoms with E-state index in [1.165, 1.54) is 7.11 Å². The number of hydrogen-bond donors (Lipinski definition) is 1. The monoisotopic (exact) mass is 404 g/mol. The summed E-state index contributed by atoms with van der Waals surface area (Å²) < 4.78 is 5.12. The van der Waals surface area contributed by atoms with E-state index >= 15 is 0 Å². The van der Waals surface area contributed by atoms with Crippen LogP contribution in [-0.4, -0.2) is 47.0 Å². The number of nitrogens with zero attached hydrogens (tertiary/aromatic N) is 3. The number of likely N-dealkylation sites (tertiary alicyclic amines) is 1. The Morgan fingerprint density at radius 3 is 2.89 bits per heavy atom. The highest BCUT2D eigenvalue weighted by atomic mass is 35.5. The lowest BCUT2D eigenvalue weighted by Gasteiger charge is -2.17. The van der Waals surface area contributed by atoms with Crippen molar-refractivity contribution in [1.29, 1.82) is 0 Å². The molecule has 0 aliphatic carbocycles. The minimum Gasteiger partial charge on any atom is -0.490 e. The van der Waals surface area contributed by atoms with Crippen molar-refractivity contribution in [3.05, 3.63) is 62.4 Å². The summed E-state index contributed by atoms with van der Waals surface area (Å²) in [5.74, 6) is -0.0234. The Morgan fingerprint density at radius 1 is 1.43 bits per heavy atom. The number of halogens is 1. The predicted molar refractivity (Wildman–Crippen MR) is 105 cm³/mol. The molecule has 2 heterocycles. The standard InChI is InChI=1S/C19H21ClN4O4/c1-12-6-7-15(18(20)21-12)19(25)22-14-8-9-23(11-14)10-13-4-3-5-16(28-2)17(13)24(26)27/h3-7,14H,8-11H2,1-2H3,(H,22,25). The van der Waals surface area contributed by atoms with Crippen LogP contribution in [0.5, 0.6) is 5.75 Å². The summed E-state index contributed by atoms with van der Waals surface area (Å²) >= 11 is 6.06. The average Bonchev–Trinajstić information content (AvgIpc) is 3.07. The van der Waals surface area contributed by atoms with Gasteiger partial charge in [0.2, 0.25) is 0 Å². The van der Waals surface area contributed by atoms with E-state index < -0.39 is 4.92 Å². The predicted octanol–water partition coefficient (Wildman–Crippen LogP) is 2.96. The van der Waals surface area contributed by atoms with Crippen molar-refractivity contribution < 1.29 is 14.5 Å². The highest BCUT2D eigenvalue weighted by Crippen LogP contribution is 2.32. The first-order valence-corrected chi connectivity index (χ1v) is 9.23. The summed E-state index contributed by atoms with van der Waals surface area (Å²) in [5.41, 5.74) is 1.65. The molecule has 0 radical (unpaired) electrons. The number of hydrogen-bond acceptors (Lipinski definition) is 6. The zero-order chi connectivity index (χ0) is 20.3. The van der Waals surface area contributed by atoms with Crippen LogP contribution < -0.4 is 10.1 Å². The molecule has 1 atom stereocenters. The lowest BCUT2D eigenvalue weighted by Crippen LogP contribution is -2.37. The van der Waals surface area contributed by atoms with Gasteiger partial charge in [0.1, 0.15) is 5.15 Å².